The number of carboxylic acid groups (broad SMARTS) is 1. The van der Waals surface area contributed by atoms with Crippen LogP contribution in [0.2, 0.25) is 5.02 Å². The standard InChI is InChI=1S/C19H18ClN3O7S/c1-10(24)29-8-12-9-31-18-15(17(26)23(18)16(12)19(27)28)22-14(25)6-21-30-7-11-2-4-13(20)5-3-11/h2-6,15,18H,7-9H2,1H3,(H,22,25)(H,27,28)/b21-6+/t15-,18?/m1/s1. The molecule has 1 aromatic carbocycles. The van der Waals surface area contributed by atoms with Crippen LogP contribution in [0, 0.1) is 0 Å². The summed E-state index contributed by atoms with van der Waals surface area (Å²) in [6.45, 7) is 1.13. The van der Waals surface area contributed by atoms with Crippen molar-refractivity contribution in [2.45, 2.75) is 24.9 Å². The fourth-order valence-electron chi connectivity index (χ4n) is 2.95. The molecule has 10 nitrogen and oxygen atoms in total. The fourth-order valence-corrected chi connectivity index (χ4v) is 4.40. The van der Waals surface area contributed by atoms with Gasteiger partial charge in [0.1, 0.15) is 36.5 Å². The Morgan fingerprint density at radius 1 is 1.32 bits per heavy atom. The van der Waals surface area contributed by atoms with Crippen LogP contribution in [-0.2, 0) is 35.4 Å². The molecule has 31 heavy (non-hydrogen) atoms. The number of benzene rings is 1. The van der Waals surface area contributed by atoms with Crippen LogP contribution in [0.3, 0.4) is 0 Å². The molecule has 1 fully saturated rings. The lowest BCUT2D eigenvalue weighted by atomic mass is 10.0. The second-order valence-electron chi connectivity index (χ2n) is 6.57. The van der Waals surface area contributed by atoms with E-state index in [1.807, 2.05) is 0 Å². The Labute approximate surface area is 186 Å². The van der Waals surface area contributed by atoms with E-state index in [0.29, 0.717) is 10.6 Å². The number of thioether (sulfide) groups is 1. The molecule has 2 amide bonds. The van der Waals surface area contributed by atoms with Gasteiger partial charge in [-0.25, -0.2) is 4.79 Å². The molecule has 0 radical (unpaired) electrons. The predicted molar refractivity (Wildman–Crippen MR) is 111 cm³/mol. The van der Waals surface area contributed by atoms with Crippen molar-refractivity contribution in [1.29, 1.82) is 0 Å². The van der Waals surface area contributed by atoms with Gasteiger partial charge < -0.3 is 20.0 Å². The molecular weight excluding hydrogens is 450 g/mol. The topological polar surface area (TPSA) is 135 Å². The second kappa shape index (κ2) is 9.84. The number of hydrogen-bond donors (Lipinski definition) is 2. The smallest absolute Gasteiger partial charge is 0.352 e. The van der Waals surface area contributed by atoms with Crippen LogP contribution >= 0.6 is 23.4 Å². The third kappa shape index (κ3) is 5.36. The zero-order valence-corrected chi connectivity index (χ0v) is 17.8. The number of β-lactam (4-membered cyclic amide) rings is 1. The van der Waals surface area contributed by atoms with E-state index < -0.39 is 35.2 Å². The van der Waals surface area contributed by atoms with Crippen molar-refractivity contribution >= 4 is 53.3 Å². The van der Waals surface area contributed by atoms with E-state index in [9.17, 15) is 24.3 Å². The normalized spacial score (nSPS) is 20.2. The maximum Gasteiger partial charge on any atom is 0.352 e. The first-order chi connectivity index (χ1) is 14.8. The molecule has 2 heterocycles. The Kier molecular flexibility index (Phi) is 7.18. The lowest BCUT2D eigenvalue weighted by molar-refractivity contribution is -0.150. The molecule has 0 aliphatic carbocycles. The number of carbonyl (C=O) groups excluding carboxylic acids is 3. The first-order valence-electron chi connectivity index (χ1n) is 9.01. The van der Waals surface area contributed by atoms with Crippen LogP contribution in [-0.4, -0.2) is 63.7 Å². The van der Waals surface area contributed by atoms with Gasteiger partial charge in [0.05, 0.1) is 0 Å². The Morgan fingerprint density at radius 3 is 2.68 bits per heavy atom. The number of aliphatic carboxylic acids is 1. The molecule has 164 valence electrons. The van der Waals surface area contributed by atoms with Crippen molar-refractivity contribution in [3.05, 3.63) is 46.1 Å². The SMILES string of the molecule is CC(=O)OCC1=C(C(=O)O)N2C(=O)[C@@H](NC(=O)/C=N/OCc3ccc(Cl)cc3)C2SC1. The van der Waals surface area contributed by atoms with Crippen molar-refractivity contribution in [3.63, 3.8) is 0 Å². The molecular formula is C19H18ClN3O7S. The van der Waals surface area contributed by atoms with E-state index in [1.54, 1.807) is 24.3 Å². The number of nitrogens with zero attached hydrogens (tertiary/aromatic N) is 2. The van der Waals surface area contributed by atoms with Gasteiger partial charge in [-0.3, -0.25) is 19.3 Å². The Balaban J connectivity index is 1.55. The maximum absolute atomic E-state index is 12.5. The van der Waals surface area contributed by atoms with Gasteiger partial charge in [0, 0.05) is 23.3 Å². The van der Waals surface area contributed by atoms with Crippen LogP contribution in [0.15, 0.2) is 40.7 Å². The van der Waals surface area contributed by atoms with Crippen molar-refractivity contribution in [1.82, 2.24) is 10.2 Å². The molecule has 2 N–H and O–H groups in total. The number of halogens is 1. The van der Waals surface area contributed by atoms with Crippen LogP contribution in [0.1, 0.15) is 12.5 Å². The second-order valence-corrected chi connectivity index (χ2v) is 8.11. The van der Waals surface area contributed by atoms with E-state index in [1.165, 1.54) is 18.7 Å². The first-order valence-corrected chi connectivity index (χ1v) is 10.4. The zero-order chi connectivity index (χ0) is 22.5. The molecule has 2 aliphatic heterocycles. The number of carbonyl (C=O) groups is 4. The summed E-state index contributed by atoms with van der Waals surface area (Å²) in [6, 6.07) is 6.00. The summed E-state index contributed by atoms with van der Waals surface area (Å²) in [5.74, 6) is -2.83. The van der Waals surface area contributed by atoms with Crippen LogP contribution < -0.4 is 5.32 Å². The van der Waals surface area contributed by atoms with E-state index in [-0.39, 0.29) is 24.7 Å². The number of amides is 2. The monoisotopic (exact) mass is 467 g/mol. The summed E-state index contributed by atoms with van der Waals surface area (Å²) in [5, 5.41) is 15.6. The molecule has 12 heteroatoms. The highest BCUT2D eigenvalue weighted by atomic mass is 35.5. The number of ether oxygens (including phenoxy) is 1. The fraction of sp³-hybridized carbons (Fsp3) is 0.316. The molecule has 0 saturated carbocycles. The van der Waals surface area contributed by atoms with Gasteiger partial charge in [0.2, 0.25) is 0 Å². The minimum atomic E-state index is -1.30. The highest BCUT2D eigenvalue weighted by Gasteiger charge is 2.54. The summed E-state index contributed by atoms with van der Waals surface area (Å²) in [6.07, 6.45) is 0.902. The number of esters is 1. The van der Waals surface area contributed by atoms with E-state index in [0.717, 1.165) is 16.7 Å². The number of fused-ring (bicyclic) bond motifs is 1. The number of rotatable bonds is 8. The maximum atomic E-state index is 12.5. The number of oxime groups is 1. The number of carboxylic acids is 1. The quantitative estimate of drug-likeness (QED) is 0.251. The van der Waals surface area contributed by atoms with Gasteiger partial charge in [-0.15, -0.1) is 11.8 Å². The summed E-state index contributed by atoms with van der Waals surface area (Å²) in [7, 11) is 0. The Hall–Kier alpha value is -3.05. The van der Waals surface area contributed by atoms with Crippen molar-refractivity contribution < 1.29 is 33.9 Å². The Morgan fingerprint density at radius 2 is 2.03 bits per heavy atom. The molecule has 0 aromatic heterocycles. The molecule has 1 saturated heterocycles. The highest BCUT2D eigenvalue weighted by Crippen LogP contribution is 2.40. The predicted octanol–water partition coefficient (Wildman–Crippen LogP) is 1.14. The lowest BCUT2D eigenvalue weighted by Crippen LogP contribution is -2.70. The van der Waals surface area contributed by atoms with E-state index in [2.05, 4.69) is 10.5 Å². The van der Waals surface area contributed by atoms with Crippen LogP contribution in [0.25, 0.3) is 0 Å². The Bertz CT molecular complexity index is 964. The summed E-state index contributed by atoms with van der Waals surface area (Å²) < 4.78 is 4.87. The minimum absolute atomic E-state index is 0.132. The van der Waals surface area contributed by atoms with Crippen molar-refractivity contribution in [2.75, 3.05) is 12.4 Å². The molecule has 0 spiro atoms. The van der Waals surface area contributed by atoms with Gasteiger partial charge in [0.25, 0.3) is 11.8 Å². The average molecular weight is 468 g/mol. The van der Waals surface area contributed by atoms with E-state index >= 15 is 0 Å². The van der Waals surface area contributed by atoms with E-state index in [4.69, 9.17) is 21.2 Å². The molecule has 2 atom stereocenters. The first kappa shape index (κ1) is 22.6. The van der Waals surface area contributed by atoms with Gasteiger partial charge >= 0.3 is 11.9 Å². The minimum Gasteiger partial charge on any atom is -0.477 e. The lowest BCUT2D eigenvalue weighted by Gasteiger charge is -2.49. The molecule has 2 aliphatic rings. The van der Waals surface area contributed by atoms with Crippen molar-refractivity contribution in [2.24, 2.45) is 5.16 Å². The zero-order valence-electron chi connectivity index (χ0n) is 16.2. The average Bonchev–Trinajstić information content (AvgIpc) is 2.73. The molecule has 1 aromatic rings. The van der Waals surface area contributed by atoms with Crippen LogP contribution in [0.4, 0.5) is 0 Å². The summed E-state index contributed by atoms with van der Waals surface area (Å²) in [4.78, 5) is 53.3. The third-order valence-corrected chi connectivity index (χ3v) is 5.98. The third-order valence-electron chi connectivity index (χ3n) is 4.39. The van der Waals surface area contributed by atoms with Gasteiger partial charge in [-0.05, 0) is 17.7 Å². The number of nitrogens with one attached hydrogen (secondary N) is 1. The number of hydrogen-bond acceptors (Lipinski definition) is 8. The molecule has 3 rings (SSSR count). The molecule has 1 unspecified atom stereocenters. The molecule has 0 bridgehead atoms. The van der Waals surface area contributed by atoms with Crippen molar-refractivity contribution in [3.8, 4) is 0 Å². The summed E-state index contributed by atoms with van der Waals surface area (Å²) in [5.41, 5.74) is 0.905. The van der Waals surface area contributed by atoms with Gasteiger partial charge in [0.15, 0.2) is 0 Å². The van der Waals surface area contributed by atoms with Gasteiger partial charge in [-0.1, -0.05) is 28.9 Å². The van der Waals surface area contributed by atoms with Gasteiger partial charge in [-0.2, -0.15) is 0 Å². The summed E-state index contributed by atoms with van der Waals surface area (Å²) >= 11 is 7.06. The largest absolute Gasteiger partial charge is 0.477 e. The highest BCUT2D eigenvalue weighted by molar-refractivity contribution is 8.00. The van der Waals surface area contributed by atoms with Crippen LogP contribution in [0.5, 0.6) is 0 Å².